The van der Waals surface area contributed by atoms with Crippen molar-refractivity contribution < 1.29 is 21.6 Å². The van der Waals surface area contributed by atoms with E-state index in [4.69, 9.17) is 4.74 Å². The summed E-state index contributed by atoms with van der Waals surface area (Å²) in [6, 6.07) is 10.5. The standard InChI is InChI=1S/C21H27N3O5S2/c1-15-8-9-17(29-2)19-20(15)31(27,28)23-21(22-19)10-12-24(13-11-21)14-16-6-4-5-7-18(16)30(3,25)26/h4-9,22-23H,10-14H2,1-3H3. The summed E-state index contributed by atoms with van der Waals surface area (Å²) in [6.07, 6.45) is 2.28. The van der Waals surface area contributed by atoms with E-state index in [1.165, 1.54) is 13.4 Å². The molecule has 0 saturated carbocycles. The Morgan fingerprint density at radius 1 is 1.13 bits per heavy atom. The number of piperidine rings is 1. The number of sulfonamides is 1. The fourth-order valence-corrected chi connectivity index (χ4v) is 7.15. The van der Waals surface area contributed by atoms with E-state index < -0.39 is 25.5 Å². The first-order valence-corrected chi connectivity index (χ1v) is 13.4. The second kappa shape index (κ2) is 7.77. The fraction of sp³-hybridized carbons (Fsp3) is 0.429. The lowest BCUT2D eigenvalue weighted by Gasteiger charge is -2.46. The third-order valence-corrected chi connectivity index (χ3v) is 8.89. The Morgan fingerprint density at radius 2 is 1.81 bits per heavy atom. The van der Waals surface area contributed by atoms with Crippen molar-refractivity contribution in [3.63, 3.8) is 0 Å². The number of nitrogens with one attached hydrogen (secondary N) is 2. The van der Waals surface area contributed by atoms with Gasteiger partial charge in [0.25, 0.3) is 0 Å². The van der Waals surface area contributed by atoms with Crippen molar-refractivity contribution in [2.75, 3.05) is 31.8 Å². The maximum absolute atomic E-state index is 13.1. The van der Waals surface area contributed by atoms with Gasteiger partial charge >= 0.3 is 0 Å². The number of benzene rings is 2. The van der Waals surface area contributed by atoms with E-state index in [-0.39, 0.29) is 4.90 Å². The molecule has 2 aliphatic rings. The van der Waals surface area contributed by atoms with E-state index in [1.807, 2.05) is 12.1 Å². The number of methoxy groups -OCH3 is 1. The third-order valence-electron chi connectivity index (χ3n) is 5.97. The highest BCUT2D eigenvalue weighted by atomic mass is 32.2. The van der Waals surface area contributed by atoms with Gasteiger partial charge in [-0.25, -0.2) is 16.8 Å². The SMILES string of the molecule is COc1ccc(C)c2c1NC1(CCN(Cc3ccccc3S(C)(=O)=O)CC1)NS2(=O)=O. The van der Waals surface area contributed by atoms with E-state index in [1.54, 1.807) is 31.2 Å². The number of likely N-dealkylation sites (tertiary alicyclic amines) is 1. The third kappa shape index (κ3) is 4.17. The molecule has 2 aliphatic heterocycles. The second-order valence-electron chi connectivity index (χ2n) is 8.26. The van der Waals surface area contributed by atoms with Gasteiger partial charge in [0, 0.05) is 25.9 Å². The molecule has 2 aromatic carbocycles. The molecule has 2 N–H and O–H groups in total. The minimum absolute atomic E-state index is 0.224. The highest BCUT2D eigenvalue weighted by Gasteiger charge is 2.44. The second-order valence-corrected chi connectivity index (χ2v) is 11.9. The van der Waals surface area contributed by atoms with Gasteiger partial charge in [0.05, 0.1) is 17.7 Å². The summed E-state index contributed by atoms with van der Waals surface area (Å²) in [5.41, 5.74) is 1.10. The molecule has 0 bridgehead atoms. The Morgan fingerprint density at radius 3 is 2.45 bits per heavy atom. The molecule has 31 heavy (non-hydrogen) atoms. The van der Waals surface area contributed by atoms with Crippen LogP contribution >= 0.6 is 0 Å². The average Bonchev–Trinajstić information content (AvgIpc) is 2.69. The normalized spacial score (nSPS) is 20.1. The molecule has 8 nitrogen and oxygen atoms in total. The number of aryl methyl sites for hydroxylation is 1. The minimum Gasteiger partial charge on any atom is -0.495 e. The number of rotatable bonds is 4. The molecular formula is C21H27N3O5S2. The molecule has 2 heterocycles. The van der Waals surface area contributed by atoms with E-state index in [9.17, 15) is 16.8 Å². The predicted octanol–water partition coefficient (Wildman–Crippen LogP) is 2.10. The molecule has 0 radical (unpaired) electrons. The van der Waals surface area contributed by atoms with Crippen LogP contribution in [0.4, 0.5) is 5.69 Å². The van der Waals surface area contributed by atoms with Crippen molar-refractivity contribution in [1.82, 2.24) is 9.62 Å². The number of fused-ring (bicyclic) bond motifs is 1. The van der Waals surface area contributed by atoms with Crippen molar-refractivity contribution in [3.05, 3.63) is 47.5 Å². The lowest BCUT2D eigenvalue weighted by atomic mass is 9.96. The average molecular weight is 466 g/mol. The van der Waals surface area contributed by atoms with Crippen molar-refractivity contribution in [2.24, 2.45) is 0 Å². The first kappa shape index (κ1) is 22.1. The van der Waals surface area contributed by atoms with Gasteiger partial charge in [0.2, 0.25) is 10.0 Å². The molecule has 0 atom stereocenters. The number of anilines is 1. The molecule has 0 unspecified atom stereocenters. The van der Waals surface area contributed by atoms with Crippen LogP contribution in [0.25, 0.3) is 0 Å². The maximum Gasteiger partial charge on any atom is 0.244 e. The summed E-state index contributed by atoms with van der Waals surface area (Å²) in [4.78, 5) is 2.71. The van der Waals surface area contributed by atoms with Crippen LogP contribution in [0.1, 0.15) is 24.0 Å². The van der Waals surface area contributed by atoms with Crippen molar-refractivity contribution in [2.45, 2.75) is 41.8 Å². The number of hydrogen-bond acceptors (Lipinski definition) is 7. The summed E-state index contributed by atoms with van der Waals surface area (Å²) in [5, 5.41) is 3.41. The number of sulfone groups is 1. The van der Waals surface area contributed by atoms with Crippen LogP contribution in [0.15, 0.2) is 46.2 Å². The molecular weight excluding hydrogens is 438 g/mol. The van der Waals surface area contributed by atoms with Gasteiger partial charge in [0.1, 0.15) is 16.3 Å². The Kier molecular flexibility index (Phi) is 5.53. The first-order valence-electron chi connectivity index (χ1n) is 10.0. The van der Waals surface area contributed by atoms with Crippen molar-refractivity contribution >= 4 is 25.5 Å². The summed E-state index contributed by atoms with van der Waals surface area (Å²) in [5.74, 6) is 0.495. The summed E-state index contributed by atoms with van der Waals surface area (Å²) in [7, 11) is -5.50. The van der Waals surface area contributed by atoms with Crippen LogP contribution in [0, 0.1) is 6.92 Å². The van der Waals surface area contributed by atoms with Gasteiger partial charge in [-0.05, 0) is 43.0 Å². The lowest BCUT2D eigenvalue weighted by Crippen LogP contribution is -2.62. The Balaban J connectivity index is 1.57. The van der Waals surface area contributed by atoms with Crippen LogP contribution in [-0.4, -0.2) is 53.9 Å². The van der Waals surface area contributed by atoms with Crippen molar-refractivity contribution in [3.8, 4) is 5.75 Å². The summed E-state index contributed by atoms with van der Waals surface area (Å²) >= 11 is 0. The predicted molar refractivity (Wildman–Crippen MR) is 118 cm³/mol. The quantitative estimate of drug-likeness (QED) is 0.712. The van der Waals surface area contributed by atoms with Crippen LogP contribution in [0.5, 0.6) is 5.75 Å². The molecule has 168 valence electrons. The highest BCUT2D eigenvalue weighted by Crippen LogP contribution is 2.42. The van der Waals surface area contributed by atoms with Gasteiger partial charge in [-0.3, -0.25) is 4.90 Å². The first-order chi connectivity index (χ1) is 14.5. The van der Waals surface area contributed by atoms with Gasteiger partial charge in [-0.1, -0.05) is 24.3 Å². The van der Waals surface area contributed by atoms with E-state index in [0.717, 1.165) is 5.56 Å². The van der Waals surface area contributed by atoms with Gasteiger partial charge in [0.15, 0.2) is 9.84 Å². The fourth-order valence-electron chi connectivity index (χ4n) is 4.43. The van der Waals surface area contributed by atoms with Crippen LogP contribution in [0.2, 0.25) is 0 Å². The van der Waals surface area contributed by atoms with Crippen LogP contribution < -0.4 is 14.8 Å². The lowest BCUT2D eigenvalue weighted by molar-refractivity contribution is 0.157. The molecule has 1 fully saturated rings. The largest absolute Gasteiger partial charge is 0.495 e. The molecule has 0 aliphatic carbocycles. The Bertz CT molecular complexity index is 1220. The zero-order valence-corrected chi connectivity index (χ0v) is 19.4. The molecule has 1 spiro atoms. The molecule has 0 amide bonds. The summed E-state index contributed by atoms with van der Waals surface area (Å²) in [6.45, 7) is 3.47. The monoisotopic (exact) mass is 465 g/mol. The molecule has 4 rings (SSSR count). The molecule has 2 aromatic rings. The number of hydrogen-bond donors (Lipinski definition) is 2. The van der Waals surface area contributed by atoms with Gasteiger partial charge in [-0.2, -0.15) is 4.72 Å². The molecule has 0 aromatic heterocycles. The molecule has 10 heteroatoms. The van der Waals surface area contributed by atoms with Crippen molar-refractivity contribution in [1.29, 1.82) is 0 Å². The van der Waals surface area contributed by atoms with Crippen LogP contribution in [0.3, 0.4) is 0 Å². The maximum atomic E-state index is 13.1. The summed E-state index contributed by atoms with van der Waals surface area (Å²) < 4.78 is 58.6. The van der Waals surface area contributed by atoms with E-state index >= 15 is 0 Å². The zero-order chi connectivity index (χ0) is 22.4. The topological polar surface area (TPSA) is 105 Å². The number of ether oxygens (including phenoxy) is 1. The van der Waals surface area contributed by atoms with E-state index in [0.29, 0.717) is 54.4 Å². The number of nitrogens with zero attached hydrogens (tertiary/aromatic N) is 1. The van der Waals surface area contributed by atoms with Gasteiger partial charge in [-0.15, -0.1) is 0 Å². The Hall–Kier alpha value is -2.14. The Labute approximate surface area is 183 Å². The minimum atomic E-state index is -3.71. The molecule has 1 saturated heterocycles. The van der Waals surface area contributed by atoms with Crippen LogP contribution in [-0.2, 0) is 26.4 Å². The van der Waals surface area contributed by atoms with Gasteiger partial charge < -0.3 is 10.1 Å². The highest BCUT2D eigenvalue weighted by molar-refractivity contribution is 7.90. The zero-order valence-electron chi connectivity index (χ0n) is 17.8. The smallest absolute Gasteiger partial charge is 0.244 e. The van der Waals surface area contributed by atoms with E-state index in [2.05, 4.69) is 14.9 Å².